The van der Waals surface area contributed by atoms with Gasteiger partial charge in [0.2, 0.25) is 11.8 Å². The fourth-order valence-electron chi connectivity index (χ4n) is 2.24. The molecule has 1 amide bonds. The van der Waals surface area contributed by atoms with E-state index in [0.717, 1.165) is 19.4 Å². The van der Waals surface area contributed by atoms with Crippen LogP contribution < -0.4 is 0 Å². The molecule has 1 aromatic carbocycles. The van der Waals surface area contributed by atoms with E-state index in [9.17, 15) is 4.79 Å². The minimum atomic E-state index is 0.118. The first-order valence-electron chi connectivity index (χ1n) is 7.19. The van der Waals surface area contributed by atoms with Crippen molar-refractivity contribution in [1.29, 1.82) is 0 Å². The summed E-state index contributed by atoms with van der Waals surface area (Å²) in [5.41, 5.74) is 0.697. The minimum Gasteiger partial charge on any atom is -0.411 e. The zero-order chi connectivity index (χ0) is 15.5. The molecule has 2 aromatic rings. The van der Waals surface area contributed by atoms with Gasteiger partial charge in [-0.1, -0.05) is 35.5 Å². The van der Waals surface area contributed by atoms with Crippen molar-refractivity contribution in [2.75, 3.05) is 12.3 Å². The van der Waals surface area contributed by atoms with E-state index < -0.39 is 0 Å². The normalized spacial score (nSPS) is 14.1. The Hall–Kier alpha value is -1.53. The van der Waals surface area contributed by atoms with Gasteiger partial charge in [0.05, 0.1) is 16.3 Å². The summed E-state index contributed by atoms with van der Waals surface area (Å²) in [6.07, 6.45) is 2.23. The van der Waals surface area contributed by atoms with Gasteiger partial charge in [-0.2, -0.15) is 0 Å². The molecule has 0 saturated heterocycles. The summed E-state index contributed by atoms with van der Waals surface area (Å²) >= 11 is 7.37. The van der Waals surface area contributed by atoms with E-state index in [1.165, 1.54) is 11.8 Å². The molecule has 0 spiro atoms. The molecule has 0 radical (unpaired) electrons. The molecule has 1 aliphatic carbocycles. The van der Waals surface area contributed by atoms with Crippen molar-refractivity contribution in [2.45, 2.75) is 31.0 Å². The maximum atomic E-state index is 12.2. The van der Waals surface area contributed by atoms with Crippen LogP contribution >= 0.6 is 23.4 Å². The van der Waals surface area contributed by atoms with Gasteiger partial charge in [-0.25, -0.2) is 0 Å². The average Bonchev–Trinajstić information content (AvgIpc) is 3.24. The summed E-state index contributed by atoms with van der Waals surface area (Å²) in [6, 6.07) is 7.72. The quantitative estimate of drug-likeness (QED) is 0.755. The number of amides is 1. The van der Waals surface area contributed by atoms with E-state index in [-0.39, 0.29) is 5.91 Å². The van der Waals surface area contributed by atoms with E-state index in [2.05, 4.69) is 10.2 Å². The predicted molar refractivity (Wildman–Crippen MR) is 85.9 cm³/mol. The third-order valence-corrected chi connectivity index (χ3v) is 4.61. The fraction of sp³-hybridized carbons (Fsp3) is 0.400. The number of carbonyl (C=O) groups is 1. The first kappa shape index (κ1) is 15.4. The van der Waals surface area contributed by atoms with E-state index >= 15 is 0 Å². The van der Waals surface area contributed by atoms with Crippen LogP contribution in [0, 0.1) is 0 Å². The molecule has 5 nitrogen and oxygen atoms in total. The molecule has 116 valence electrons. The highest BCUT2D eigenvalue weighted by Crippen LogP contribution is 2.30. The fourth-order valence-corrected chi connectivity index (χ4v) is 3.11. The van der Waals surface area contributed by atoms with Crippen LogP contribution in [0.1, 0.15) is 19.8 Å². The van der Waals surface area contributed by atoms with Crippen LogP contribution in [-0.4, -0.2) is 39.3 Å². The number of rotatable bonds is 6. The van der Waals surface area contributed by atoms with Crippen molar-refractivity contribution >= 4 is 29.3 Å². The molecule has 1 aromatic heterocycles. The van der Waals surface area contributed by atoms with E-state index in [1.54, 1.807) is 6.07 Å². The van der Waals surface area contributed by atoms with Crippen LogP contribution in [0.2, 0.25) is 5.02 Å². The maximum absolute atomic E-state index is 12.2. The lowest BCUT2D eigenvalue weighted by atomic mass is 10.2. The summed E-state index contributed by atoms with van der Waals surface area (Å²) < 4.78 is 5.58. The Morgan fingerprint density at radius 1 is 1.41 bits per heavy atom. The number of benzene rings is 1. The zero-order valence-corrected chi connectivity index (χ0v) is 13.7. The molecular weight excluding hydrogens is 322 g/mol. The Morgan fingerprint density at radius 2 is 2.18 bits per heavy atom. The van der Waals surface area contributed by atoms with Gasteiger partial charge in [0.25, 0.3) is 5.22 Å². The van der Waals surface area contributed by atoms with Gasteiger partial charge in [-0.05, 0) is 31.9 Å². The number of hydrogen-bond acceptors (Lipinski definition) is 5. The topological polar surface area (TPSA) is 59.2 Å². The lowest BCUT2D eigenvalue weighted by molar-refractivity contribution is -0.128. The van der Waals surface area contributed by atoms with Crippen LogP contribution in [0.5, 0.6) is 0 Å². The van der Waals surface area contributed by atoms with Crippen molar-refractivity contribution in [3.05, 3.63) is 29.3 Å². The van der Waals surface area contributed by atoms with Gasteiger partial charge < -0.3 is 9.32 Å². The summed E-state index contributed by atoms with van der Waals surface area (Å²) in [5.74, 6) is 0.802. The number of halogens is 1. The number of nitrogens with zero attached hydrogens (tertiary/aromatic N) is 3. The zero-order valence-electron chi connectivity index (χ0n) is 12.2. The first-order chi connectivity index (χ1) is 10.7. The second-order valence-electron chi connectivity index (χ2n) is 5.05. The Kier molecular flexibility index (Phi) is 4.69. The highest BCUT2D eigenvalue weighted by atomic mass is 35.5. The van der Waals surface area contributed by atoms with E-state index in [1.807, 2.05) is 30.0 Å². The van der Waals surface area contributed by atoms with Crippen LogP contribution in [0.3, 0.4) is 0 Å². The molecule has 1 heterocycles. The maximum Gasteiger partial charge on any atom is 0.277 e. The van der Waals surface area contributed by atoms with Crippen molar-refractivity contribution < 1.29 is 9.21 Å². The second-order valence-corrected chi connectivity index (χ2v) is 6.39. The third-order valence-electron chi connectivity index (χ3n) is 3.48. The molecule has 0 atom stereocenters. The number of carbonyl (C=O) groups excluding carboxylic acids is 1. The van der Waals surface area contributed by atoms with Crippen LogP contribution in [-0.2, 0) is 4.79 Å². The van der Waals surface area contributed by atoms with Crippen molar-refractivity contribution in [3.63, 3.8) is 0 Å². The molecule has 1 fully saturated rings. The summed E-state index contributed by atoms with van der Waals surface area (Å²) in [5, 5.41) is 8.90. The molecule has 1 saturated carbocycles. The van der Waals surface area contributed by atoms with Crippen LogP contribution in [0.25, 0.3) is 11.5 Å². The largest absolute Gasteiger partial charge is 0.411 e. The van der Waals surface area contributed by atoms with Gasteiger partial charge in [-0.15, -0.1) is 10.2 Å². The molecule has 0 bridgehead atoms. The van der Waals surface area contributed by atoms with Gasteiger partial charge >= 0.3 is 0 Å². The highest BCUT2D eigenvalue weighted by molar-refractivity contribution is 7.99. The SMILES string of the molecule is CCN(C(=O)CSc1nnc(-c2ccccc2Cl)o1)C1CC1. The predicted octanol–water partition coefficient (Wildman–Crippen LogP) is 3.49. The van der Waals surface area contributed by atoms with Crippen molar-refractivity contribution in [3.8, 4) is 11.5 Å². The molecular formula is C15H16ClN3O2S. The summed E-state index contributed by atoms with van der Waals surface area (Å²) in [7, 11) is 0. The number of thioether (sulfide) groups is 1. The molecule has 7 heteroatoms. The second kappa shape index (κ2) is 6.71. The minimum absolute atomic E-state index is 0.118. The molecule has 1 aliphatic rings. The van der Waals surface area contributed by atoms with Crippen molar-refractivity contribution in [1.82, 2.24) is 15.1 Å². The smallest absolute Gasteiger partial charge is 0.277 e. The molecule has 3 rings (SSSR count). The Morgan fingerprint density at radius 3 is 2.86 bits per heavy atom. The summed E-state index contributed by atoms with van der Waals surface area (Å²) in [4.78, 5) is 14.1. The lowest BCUT2D eigenvalue weighted by Crippen LogP contribution is -2.34. The monoisotopic (exact) mass is 337 g/mol. The lowest BCUT2D eigenvalue weighted by Gasteiger charge is -2.19. The molecule has 0 unspecified atom stereocenters. The standard InChI is InChI=1S/C15H16ClN3O2S/c1-2-19(10-7-8-10)13(20)9-22-15-18-17-14(21-15)11-5-3-4-6-12(11)16/h3-6,10H,2,7-9H2,1H3. The first-order valence-corrected chi connectivity index (χ1v) is 8.56. The average molecular weight is 338 g/mol. The Balaban J connectivity index is 1.62. The molecule has 0 N–H and O–H groups in total. The third kappa shape index (κ3) is 3.44. The van der Waals surface area contributed by atoms with Gasteiger partial charge in [0.15, 0.2) is 0 Å². The van der Waals surface area contributed by atoms with Crippen LogP contribution in [0.4, 0.5) is 0 Å². The highest BCUT2D eigenvalue weighted by Gasteiger charge is 2.31. The van der Waals surface area contributed by atoms with E-state index in [0.29, 0.717) is 33.5 Å². The van der Waals surface area contributed by atoms with Gasteiger partial charge in [0.1, 0.15) is 0 Å². The van der Waals surface area contributed by atoms with Crippen molar-refractivity contribution in [2.24, 2.45) is 0 Å². The number of aromatic nitrogens is 2. The van der Waals surface area contributed by atoms with Gasteiger partial charge in [0, 0.05) is 12.6 Å². The van der Waals surface area contributed by atoms with E-state index in [4.69, 9.17) is 16.0 Å². The van der Waals surface area contributed by atoms with Gasteiger partial charge in [-0.3, -0.25) is 4.79 Å². The summed E-state index contributed by atoms with van der Waals surface area (Å²) in [6.45, 7) is 2.75. The Labute approximate surface area is 138 Å². The Bertz CT molecular complexity index is 672. The van der Waals surface area contributed by atoms with Crippen LogP contribution in [0.15, 0.2) is 33.9 Å². The molecule has 0 aliphatic heterocycles. The number of hydrogen-bond donors (Lipinski definition) is 0. The molecule has 22 heavy (non-hydrogen) atoms.